The average molecular weight is 275 g/mol. The molecule has 1 atom stereocenters. The minimum Gasteiger partial charge on any atom is -0.481 e. The van der Waals surface area contributed by atoms with Crippen molar-refractivity contribution in [3.8, 4) is 0 Å². The lowest BCUT2D eigenvalue weighted by atomic mass is 9.95. The maximum absolute atomic E-state index is 11.0. The van der Waals surface area contributed by atoms with Gasteiger partial charge in [0, 0.05) is 17.1 Å². The van der Waals surface area contributed by atoms with Gasteiger partial charge in [-0.1, -0.05) is 6.92 Å². The predicted octanol–water partition coefficient (Wildman–Crippen LogP) is 2.89. The van der Waals surface area contributed by atoms with Gasteiger partial charge in [0.2, 0.25) is 0 Å². The van der Waals surface area contributed by atoms with Crippen molar-refractivity contribution in [1.29, 1.82) is 0 Å². The minimum atomic E-state index is -0.776. The molecule has 0 fully saturated rings. The Morgan fingerprint density at radius 2 is 2.00 bits per heavy atom. The Balaban J connectivity index is 2.56. The first-order valence-corrected chi connectivity index (χ1v) is 6.89. The molecule has 108 valence electrons. The summed E-state index contributed by atoms with van der Waals surface area (Å²) in [5, 5.41) is 14.5. The number of fused-ring (bicyclic) bond motifs is 1. The fraction of sp³-hybridized carbons (Fsp3) is 0.533. The van der Waals surface area contributed by atoms with E-state index in [4.69, 9.17) is 5.11 Å². The third kappa shape index (κ3) is 2.40. The van der Waals surface area contributed by atoms with Crippen LogP contribution in [0, 0.1) is 19.8 Å². The minimum absolute atomic E-state index is 0.252. The topological polar surface area (TPSA) is 68.0 Å². The Morgan fingerprint density at radius 3 is 2.55 bits per heavy atom. The van der Waals surface area contributed by atoms with Gasteiger partial charge in [0.15, 0.2) is 5.65 Å². The van der Waals surface area contributed by atoms with E-state index in [0.29, 0.717) is 6.42 Å². The van der Waals surface area contributed by atoms with E-state index in [2.05, 4.69) is 23.9 Å². The summed E-state index contributed by atoms with van der Waals surface area (Å²) in [7, 11) is 0. The van der Waals surface area contributed by atoms with Crippen LogP contribution in [0.3, 0.4) is 0 Å². The second-order valence-electron chi connectivity index (χ2n) is 5.66. The Labute approximate surface area is 118 Å². The molecule has 0 saturated carbocycles. The summed E-state index contributed by atoms with van der Waals surface area (Å²) in [6.45, 7) is 9.82. The van der Waals surface area contributed by atoms with E-state index < -0.39 is 11.9 Å². The molecule has 1 unspecified atom stereocenters. The van der Waals surface area contributed by atoms with E-state index in [1.54, 1.807) is 6.92 Å². The molecule has 0 aliphatic carbocycles. The zero-order valence-electron chi connectivity index (χ0n) is 12.6. The Bertz CT molecular complexity index is 659. The summed E-state index contributed by atoms with van der Waals surface area (Å²) >= 11 is 0. The number of rotatable bonds is 4. The largest absolute Gasteiger partial charge is 0.481 e. The molecule has 2 aromatic rings. The molecule has 2 heterocycles. The van der Waals surface area contributed by atoms with Crippen LogP contribution in [0.5, 0.6) is 0 Å². The van der Waals surface area contributed by atoms with Crippen LogP contribution in [0.15, 0.2) is 6.20 Å². The fourth-order valence-electron chi connectivity index (χ4n) is 2.46. The van der Waals surface area contributed by atoms with Crippen LogP contribution >= 0.6 is 0 Å². The van der Waals surface area contributed by atoms with Gasteiger partial charge in [-0.2, -0.15) is 5.10 Å². The standard InChI is InChI=1S/C15H21N3O2/c1-8(2)18-14-13(7-16-18)10(4)12(11(5)17-14)6-9(3)15(19)20/h7-9H,6H2,1-5H3,(H,19,20). The van der Waals surface area contributed by atoms with Crippen LogP contribution in [0.1, 0.15) is 43.6 Å². The Hall–Kier alpha value is -1.91. The van der Waals surface area contributed by atoms with Crippen molar-refractivity contribution >= 4 is 17.0 Å². The number of nitrogens with zero attached hydrogens (tertiary/aromatic N) is 3. The normalized spacial score (nSPS) is 13.1. The summed E-state index contributed by atoms with van der Waals surface area (Å²) in [5.74, 6) is -1.19. The molecular weight excluding hydrogens is 254 g/mol. The van der Waals surface area contributed by atoms with Crippen molar-refractivity contribution in [2.45, 2.75) is 47.1 Å². The predicted molar refractivity (Wildman–Crippen MR) is 77.9 cm³/mol. The lowest BCUT2D eigenvalue weighted by Gasteiger charge is -2.14. The lowest BCUT2D eigenvalue weighted by molar-refractivity contribution is -0.141. The quantitative estimate of drug-likeness (QED) is 0.931. The molecule has 0 spiro atoms. The molecule has 0 aliphatic heterocycles. The summed E-state index contributed by atoms with van der Waals surface area (Å²) in [4.78, 5) is 15.7. The first-order chi connectivity index (χ1) is 9.32. The van der Waals surface area contributed by atoms with Gasteiger partial charge in [0.25, 0.3) is 0 Å². The van der Waals surface area contributed by atoms with Gasteiger partial charge in [0.05, 0.1) is 12.1 Å². The van der Waals surface area contributed by atoms with Crippen molar-refractivity contribution < 1.29 is 9.90 Å². The van der Waals surface area contributed by atoms with Crippen LogP contribution in [0.25, 0.3) is 11.0 Å². The molecule has 20 heavy (non-hydrogen) atoms. The van der Waals surface area contributed by atoms with Crippen LogP contribution in [0.2, 0.25) is 0 Å². The van der Waals surface area contributed by atoms with Gasteiger partial charge in [-0.05, 0) is 45.2 Å². The highest BCUT2D eigenvalue weighted by Gasteiger charge is 2.19. The molecule has 0 saturated heterocycles. The van der Waals surface area contributed by atoms with E-state index in [1.165, 1.54) is 0 Å². The van der Waals surface area contributed by atoms with Crippen molar-refractivity contribution in [2.24, 2.45) is 5.92 Å². The van der Waals surface area contributed by atoms with E-state index in [-0.39, 0.29) is 6.04 Å². The van der Waals surface area contributed by atoms with Gasteiger partial charge < -0.3 is 5.11 Å². The summed E-state index contributed by atoms with van der Waals surface area (Å²) in [6, 6.07) is 0.252. The first-order valence-electron chi connectivity index (χ1n) is 6.89. The molecule has 2 aromatic heterocycles. The molecule has 5 heteroatoms. The van der Waals surface area contributed by atoms with Crippen LogP contribution in [-0.4, -0.2) is 25.8 Å². The van der Waals surface area contributed by atoms with Gasteiger partial charge in [-0.15, -0.1) is 0 Å². The molecule has 5 nitrogen and oxygen atoms in total. The number of carbonyl (C=O) groups is 1. The molecule has 0 aliphatic rings. The molecule has 0 bridgehead atoms. The molecule has 0 aromatic carbocycles. The maximum atomic E-state index is 11.0. The van der Waals surface area contributed by atoms with Crippen molar-refractivity contribution in [1.82, 2.24) is 14.8 Å². The van der Waals surface area contributed by atoms with Crippen molar-refractivity contribution in [2.75, 3.05) is 0 Å². The number of carboxylic acid groups (broad SMARTS) is 1. The fourth-order valence-corrected chi connectivity index (χ4v) is 2.46. The van der Waals surface area contributed by atoms with E-state index in [0.717, 1.165) is 27.9 Å². The molecular formula is C15H21N3O2. The van der Waals surface area contributed by atoms with Gasteiger partial charge in [0.1, 0.15) is 0 Å². The highest BCUT2D eigenvalue weighted by atomic mass is 16.4. The van der Waals surface area contributed by atoms with Crippen LogP contribution < -0.4 is 0 Å². The summed E-state index contributed by atoms with van der Waals surface area (Å²) < 4.78 is 1.90. The summed E-state index contributed by atoms with van der Waals surface area (Å²) in [5.41, 5.74) is 3.88. The van der Waals surface area contributed by atoms with Crippen LogP contribution in [0.4, 0.5) is 0 Å². The zero-order valence-corrected chi connectivity index (χ0v) is 12.6. The molecule has 0 radical (unpaired) electrons. The zero-order chi connectivity index (χ0) is 15.0. The average Bonchev–Trinajstić information content (AvgIpc) is 2.77. The molecule has 1 N–H and O–H groups in total. The van der Waals surface area contributed by atoms with Gasteiger partial charge in [-0.25, -0.2) is 9.67 Å². The number of aromatic nitrogens is 3. The van der Waals surface area contributed by atoms with Gasteiger partial charge >= 0.3 is 5.97 Å². The second-order valence-corrected chi connectivity index (χ2v) is 5.66. The van der Waals surface area contributed by atoms with E-state index >= 15 is 0 Å². The highest BCUT2D eigenvalue weighted by molar-refractivity contribution is 5.80. The molecule has 0 amide bonds. The van der Waals surface area contributed by atoms with Crippen molar-refractivity contribution in [3.05, 3.63) is 23.0 Å². The lowest BCUT2D eigenvalue weighted by Crippen LogP contribution is -2.14. The number of hydrogen-bond acceptors (Lipinski definition) is 3. The van der Waals surface area contributed by atoms with Crippen molar-refractivity contribution in [3.63, 3.8) is 0 Å². The van der Waals surface area contributed by atoms with Gasteiger partial charge in [-0.3, -0.25) is 4.79 Å². The maximum Gasteiger partial charge on any atom is 0.306 e. The smallest absolute Gasteiger partial charge is 0.306 e. The SMILES string of the molecule is Cc1nc2c(cnn2C(C)C)c(C)c1CC(C)C(=O)O. The van der Waals surface area contributed by atoms with E-state index in [9.17, 15) is 4.79 Å². The monoisotopic (exact) mass is 275 g/mol. The number of pyridine rings is 1. The first kappa shape index (κ1) is 14.5. The number of aryl methyl sites for hydroxylation is 2. The third-order valence-corrected chi connectivity index (χ3v) is 3.76. The van der Waals surface area contributed by atoms with E-state index in [1.807, 2.05) is 24.7 Å². The Kier molecular flexibility index (Phi) is 3.79. The second kappa shape index (κ2) is 5.23. The number of hydrogen-bond donors (Lipinski definition) is 1. The third-order valence-electron chi connectivity index (χ3n) is 3.76. The number of aliphatic carboxylic acids is 1. The Morgan fingerprint density at radius 1 is 1.35 bits per heavy atom. The number of carboxylic acids is 1. The van der Waals surface area contributed by atoms with Crippen LogP contribution in [-0.2, 0) is 11.2 Å². The molecule has 2 rings (SSSR count). The summed E-state index contributed by atoms with van der Waals surface area (Å²) in [6.07, 6.45) is 2.33. The highest BCUT2D eigenvalue weighted by Crippen LogP contribution is 2.26.